The number of anilines is 1. The van der Waals surface area contributed by atoms with Gasteiger partial charge in [0.25, 0.3) is 11.8 Å². The Hall–Kier alpha value is -3.12. The van der Waals surface area contributed by atoms with Crippen LogP contribution < -0.4 is 10.6 Å². The molecule has 0 bridgehead atoms. The molecule has 158 valence electrons. The van der Waals surface area contributed by atoms with Gasteiger partial charge in [-0.1, -0.05) is 12.1 Å². The number of carbonyl (C=O) groups excluding carboxylic acids is 2. The lowest BCUT2D eigenvalue weighted by Crippen LogP contribution is -2.31. The standard InChI is InChI=1S/C24H29N3O3/c1-15(2)25-24(29)19-8-6-7-9-21(19)26-23(28)18-10-11-22-20(14-18)16(3)17(4)27(22)12-13-30-5/h6-11,14-15H,12-13H2,1-5H3,(H,25,29)(H,26,28). The molecule has 0 aliphatic heterocycles. The predicted molar refractivity (Wildman–Crippen MR) is 120 cm³/mol. The molecule has 6 nitrogen and oxygen atoms in total. The molecule has 2 aromatic carbocycles. The van der Waals surface area contributed by atoms with Gasteiger partial charge in [0, 0.05) is 41.9 Å². The highest BCUT2D eigenvalue weighted by molar-refractivity contribution is 6.10. The minimum Gasteiger partial charge on any atom is -0.383 e. The molecule has 3 aromatic rings. The number of aromatic nitrogens is 1. The van der Waals surface area contributed by atoms with Gasteiger partial charge < -0.3 is 19.9 Å². The van der Waals surface area contributed by atoms with Gasteiger partial charge in [-0.3, -0.25) is 9.59 Å². The summed E-state index contributed by atoms with van der Waals surface area (Å²) in [7, 11) is 1.69. The first-order valence-corrected chi connectivity index (χ1v) is 10.1. The van der Waals surface area contributed by atoms with Gasteiger partial charge in [-0.05, 0) is 63.6 Å². The Kier molecular flexibility index (Phi) is 6.57. The summed E-state index contributed by atoms with van der Waals surface area (Å²) in [6, 6.07) is 12.7. The van der Waals surface area contributed by atoms with Crippen LogP contribution in [-0.4, -0.2) is 36.1 Å². The molecular weight excluding hydrogens is 378 g/mol. The molecule has 30 heavy (non-hydrogen) atoms. The highest BCUT2D eigenvalue weighted by atomic mass is 16.5. The minimum atomic E-state index is -0.247. The van der Waals surface area contributed by atoms with Crippen molar-refractivity contribution in [2.45, 2.75) is 40.3 Å². The highest BCUT2D eigenvalue weighted by Gasteiger charge is 2.17. The number of aryl methyl sites for hydroxylation is 1. The lowest BCUT2D eigenvalue weighted by molar-refractivity contribution is 0.0944. The molecule has 0 aliphatic carbocycles. The third kappa shape index (κ3) is 4.39. The van der Waals surface area contributed by atoms with Gasteiger partial charge in [0.15, 0.2) is 0 Å². The van der Waals surface area contributed by atoms with Crippen LogP contribution in [0, 0.1) is 13.8 Å². The zero-order valence-corrected chi connectivity index (χ0v) is 18.2. The Morgan fingerprint density at radius 1 is 1.07 bits per heavy atom. The van der Waals surface area contributed by atoms with E-state index in [-0.39, 0.29) is 17.9 Å². The number of nitrogens with zero attached hydrogens (tertiary/aromatic N) is 1. The summed E-state index contributed by atoms with van der Waals surface area (Å²) in [5.74, 6) is -0.457. The molecule has 0 saturated carbocycles. The summed E-state index contributed by atoms with van der Waals surface area (Å²) >= 11 is 0. The number of methoxy groups -OCH3 is 1. The van der Waals surface area contributed by atoms with E-state index in [0.717, 1.165) is 28.7 Å². The Balaban J connectivity index is 1.90. The highest BCUT2D eigenvalue weighted by Crippen LogP contribution is 2.27. The Morgan fingerprint density at radius 2 is 1.80 bits per heavy atom. The van der Waals surface area contributed by atoms with E-state index in [1.807, 2.05) is 32.0 Å². The van der Waals surface area contributed by atoms with Crippen molar-refractivity contribution in [1.82, 2.24) is 9.88 Å². The van der Waals surface area contributed by atoms with Crippen molar-refractivity contribution < 1.29 is 14.3 Å². The first-order chi connectivity index (χ1) is 14.3. The summed E-state index contributed by atoms with van der Waals surface area (Å²) in [5.41, 5.74) is 4.87. The number of para-hydroxylation sites is 1. The quantitative estimate of drug-likeness (QED) is 0.613. The fraction of sp³-hybridized carbons (Fsp3) is 0.333. The zero-order valence-electron chi connectivity index (χ0n) is 18.2. The van der Waals surface area contributed by atoms with Gasteiger partial charge in [-0.25, -0.2) is 0 Å². The van der Waals surface area contributed by atoms with Gasteiger partial charge in [0.05, 0.1) is 17.9 Å². The van der Waals surface area contributed by atoms with Crippen molar-refractivity contribution in [1.29, 1.82) is 0 Å². The number of nitrogens with one attached hydrogen (secondary N) is 2. The van der Waals surface area contributed by atoms with E-state index in [1.54, 1.807) is 31.4 Å². The zero-order chi connectivity index (χ0) is 21.8. The summed E-state index contributed by atoms with van der Waals surface area (Å²) in [4.78, 5) is 25.4. The van der Waals surface area contributed by atoms with Crippen LogP contribution in [-0.2, 0) is 11.3 Å². The fourth-order valence-corrected chi connectivity index (χ4v) is 3.59. The second-order valence-corrected chi connectivity index (χ2v) is 7.71. The number of carbonyl (C=O) groups is 2. The summed E-state index contributed by atoms with van der Waals surface area (Å²) in [5, 5.41) is 6.80. The van der Waals surface area contributed by atoms with E-state index in [2.05, 4.69) is 29.0 Å². The summed E-state index contributed by atoms with van der Waals surface area (Å²) in [6.45, 7) is 9.33. The van der Waals surface area contributed by atoms with Gasteiger partial charge in [-0.15, -0.1) is 0 Å². The molecule has 0 saturated heterocycles. The average Bonchev–Trinajstić information content (AvgIpc) is 2.96. The Labute approximate surface area is 177 Å². The number of fused-ring (bicyclic) bond motifs is 1. The number of hydrogen-bond donors (Lipinski definition) is 2. The Bertz CT molecular complexity index is 1080. The molecule has 0 unspecified atom stereocenters. The number of amides is 2. The summed E-state index contributed by atoms with van der Waals surface area (Å²) in [6.07, 6.45) is 0. The molecule has 3 rings (SSSR count). The number of rotatable bonds is 7. The van der Waals surface area contributed by atoms with Crippen LogP contribution in [0.25, 0.3) is 10.9 Å². The van der Waals surface area contributed by atoms with Crippen molar-refractivity contribution in [2.24, 2.45) is 0 Å². The number of benzene rings is 2. The average molecular weight is 408 g/mol. The molecule has 1 heterocycles. The van der Waals surface area contributed by atoms with Gasteiger partial charge in [0.2, 0.25) is 0 Å². The third-order valence-corrected chi connectivity index (χ3v) is 5.26. The normalized spacial score (nSPS) is 11.1. The molecule has 6 heteroatoms. The van der Waals surface area contributed by atoms with E-state index in [4.69, 9.17) is 4.74 Å². The lowest BCUT2D eigenvalue weighted by atomic mass is 10.1. The van der Waals surface area contributed by atoms with Crippen LogP contribution in [0.4, 0.5) is 5.69 Å². The topological polar surface area (TPSA) is 72.4 Å². The molecule has 0 aliphatic rings. The second kappa shape index (κ2) is 9.13. The summed E-state index contributed by atoms with van der Waals surface area (Å²) < 4.78 is 7.43. The monoisotopic (exact) mass is 407 g/mol. The SMILES string of the molecule is COCCn1c(C)c(C)c2cc(C(=O)Nc3ccccc3C(=O)NC(C)C)ccc21. The van der Waals surface area contributed by atoms with Crippen molar-refractivity contribution in [3.63, 3.8) is 0 Å². The largest absolute Gasteiger partial charge is 0.383 e. The maximum atomic E-state index is 13.0. The van der Waals surface area contributed by atoms with Crippen molar-refractivity contribution in [3.8, 4) is 0 Å². The van der Waals surface area contributed by atoms with Crippen LogP contribution in [0.3, 0.4) is 0 Å². The van der Waals surface area contributed by atoms with Gasteiger partial charge >= 0.3 is 0 Å². The number of ether oxygens (including phenoxy) is 1. The lowest BCUT2D eigenvalue weighted by Gasteiger charge is -2.13. The Morgan fingerprint density at radius 3 is 2.50 bits per heavy atom. The minimum absolute atomic E-state index is 0.0111. The van der Waals surface area contributed by atoms with Crippen molar-refractivity contribution in [3.05, 3.63) is 64.8 Å². The van der Waals surface area contributed by atoms with E-state index < -0.39 is 0 Å². The predicted octanol–water partition coefficient (Wildman–Crippen LogP) is 4.30. The molecule has 0 fully saturated rings. The van der Waals surface area contributed by atoms with Crippen molar-refractivity contribution >= 4 is 28.4 Å². The second-order valence-electron chi connectivity index (χ2n) is 7.71. The molecule has 0 atom stereocenters. The van der Waals surface area contributed by atoms with Crippen LogP contribution in [0.15, 0.2) is 42.5 Å². The molecule has 2 N–H and O–H groups in total. The fourth-order valence-electron chi connectivity index (χ4n) is 3.59. The maximum absolute atomic E-state index is 13.0. The van der Waals surface area contributed by atoms with Crippen LogP contribution in [0.5, 0.6) is 0 Å². The molecule has 1 aromatic heterocycles. The van der Waals surface area contributed by atoms with Gasteiger partial charge in [-0.2, -0.15) is 0 Å². The molecule has 0 radical (unpaired) electrons. The third-order valence-electron chi connectivity index (χ3n) is 5.26. The molecule has 2 amide bonds. The van der Waals surface area contributed by atoms with Crippen LogP contribution in [0.1, 0.15) is 45.8 Å². The van der Waals surface area contributed by atoms with E-state index in [9.17, 15) is 9.59 Å². The molecular formula is C24H29N3O3. The maximum Gasteiger partial charge on any atom is 0.255 e. The van der Waals surface area contributed by atoms with Crippen molar-refractivity contribution in [2.75, 3.05) is 19.0 Å². The van der Waals surface area contributed by atoms with E-state index in [0.29, 0.717) is 23.4 Å². The van der Waals surface area contributed by atoms with Crippen LogP contribution in [0.2, 0.25) is 0 Å². The smallest absolute Gasteiger partial charge is 0.255 e. The first kappa shape index (κ1) is 21.6. The van der Waals surface area contributed by atoms with Crippen LogP contribution >= 0.6 is 0 Å². The first-order valence-electron chi connectivity index (χ1n) is 10.1. The number of hydrogen-bond acceptors (Lipinski definition) is 3. The van der Waals surface area contributed by atoms with E-state index in [1.165, 1.54) is 0 Å². The molecule has 0 spiro atoms. The van der Waals surface area contributed by atoms with Gasteiger partial charge in [0.1, 0.15) is 0 Å². The van der Waals surface area contributed by atoms with E-state index >= 15 is 0 Å².